The highest BCUT2D eigenvalue weighted by molar-refractivity contribution is 5.27. The Labute approximate surface area is 93.3 Å². The summed E-state index contributed by atoms with van der Waals surface area (Å²) in [5, 5.41) is 8.90. The van der Waals surface area contributed by atoms with Crippen LogP contribution < -0.4 is 4.90 Å². The van der Waals surface area contributed by atoms with Crippen LogP contribution in [-0.4, -0.2) is 16.6 Å². The van der Waals surface area contributed by atoms with Crippen molar-refractivity contribution < 1.29 is 13.9 Å². The van der Waals surface area contributed by atoms with Crippen LogP contribution in [0.3, 0.4) is 0 Å². The summed E-state index contributed by atoms with van der Waals surface area (Å²) < 4.78 is 10.5. The molecule has 0 aliphatic heterocycles. The molecule has 0 radical (unpaired) electrons. The Hall–Kier alpha value is -1.75. The smallest absolute Gasteiger partial charge is 0.297 e. The van der Waals surface area contributed by atoms with Gasteiger partial charge < -0.3 is 18.8 Å². The lowest BCUT2D eigenvalue weighted by molar-refractivity contribution is 0.276. The number of anilines is 1. The van der Waals surface area contributed by atoms with Gasteiger partial charge in [0.15, 0.2) is 0 Å². The fourth-order valence-corrected chi connectivity index (χ4v) is 1.42. The largest absolute Gasteiger partial charge is 0.467 e. The van der Waals surface area contributed by atoms with Crippen LogP contribution in [0, 0.1) is 0 Å². The molecule has 5 heteroatoms. The van der Waals surface area contributed by atoms with Gasteiger partial charge in [-0.15, -0.1) is 0 Å². The molecule has 0 fully saturated rings. The van der Waals surface area contributed by atoms with Crippen molar-refractivity contribution in [3.8, 4) is 0 Å². The molecule has 2 aromatic rings. The van der Waals surface area contributed by atoms with Crippen molar-refractivity contribution in [2.45, 2.75) is 20.1 Å². The van der Waals surface area contributed by atoms with Crippen molar-refractivity contribution in [1.29, 1.82) is 0 Å². The lowest BCUT2D eigenvalue weighted by atomic mass is 10.4. The standard InChI is InChI=1S/C11H14N2O3/c1-2-13(6-10-4-3-5-15-10)11-12-9(7-14)8-16-11/h3-5,8,14H,2,6-7H2,1H3. The van der Waals surface area contributed by atoms with Crippen LogP contribution in [0.25, 0.3) is 0 Å². The summed E-state index contributed by atoms with van der Waals surface area (Å²) in [5.41, 5.74) is 0.535. The fourth-order valence-electron chi connectivity index (χ4n) is 1.42. The summed E-state index contributed by atoms with van der Waals surface area (Å²) >= 11 is 0. The highest BCUT2D eigenvalue weighted by atomic mass is 16.4. The van der Waals surface area contributed by atoms with Crippen molar-refractivity contribution in [2.24, 2.45) is 0 Å². The molecule has 0 bridgehead atoms. The van der Waals surface area contributed by atoms with E-state index in [4.69, 9.17) is 13.9 Å². The summed E-state index contributed by atoms with van der Waals surface area (Å²) in [6.07, 6.45) is 3.10. The van der Waals surface area contributed by atoms with E-state index < -0.39 is 0 Å². The van der Waals surface area contributed by atoms with Crippen molar-refractivity contribution in [1.82, 2.24) is 4.98 Å². The monoisotopic (exact) mass is 222 g/mol. The molecule has 0 aliphatic rings. The first-order valence-corrected chi connectivity index (χ1v) is 5.16. The fraction of sp³-hybridized carbons (Fsp3) is 0.364. The molecule has 0 spiro atoms. The van der Waals surface area contributed by atoms with Crippen molar-refractivity contribution in [3.05, 3.63) is 36.1 Å². The molecule has 0 saturated carbocycles. The predicted octanol–water partition coefficient (Wildman–Crippen LogP) is 1.79. The van der Waals surface area contributed by atoms with Crippen molar-refractivity contribution in [2.75, 3.05) is 11.4 Å². The van der Waals surface area contributed by atoms with Gasteiger partial charge in [0, 0.05) is 6.54 Å². The Balaban J connectivity index is 2.10. The van der Waals surface area contributed by atoms with Gasteiger partial charge in [0.2, 0.25) is 0 Å². The number of aliphatic hydroxyl groups is 1. The van der Waals surface area contributed by atoms with Crippen LogP contribution in [0.15, 0.2) is 33.5 Å². The molecular formula is C11H14N2O3. The Morgan fingerprint density at radius 3 is 2.88 bits per heavy atom. The number of hydrogen-bond acceptors (Lipinski definition) is 5. The Bertz CT molecular complexity index is 422. The molecule has 0 aliphatic carbocycles. The average molecular weight is 222 g/mol. The summed E-state index contributed by atoms with van der Waals surface area (Å²) in [7, 11) is 0. The molecule has 2 rings (SSSR count). The minimum absolute atomic E-state index is 0.109. The minimum Gasteiger partial charge on any atom is -0.467 e. The minimum atomic E-state index is -0.109. The molecule has 0 unspecified atom stereocenters. The number of hydrogen-bond donors (Lipinski definition) is 1. The van der Waals surface area contributed by atoms with Crippen LogP contribution in [0.1, 0.15) is 18.4 Å². The second kappa shape index (κ2) is 4.85. The second-order valence-corrected chi connectivity index (χ2v) is 3.37. The highest BCUT2D eigenvalue weighted by Crippen LogP contribution is 2.16. The zero-order chi connectivity index (χ0) is 11.4. The van der Waals surface area contributed by atoms with E-state index in [-0.39, 0.29) is 6.61 Å². The predicted molar refractivity (Wildman–Crippen MR) is 57.9 cm³/mol. The van der Waals surface area contributed by atoms with E-state index in [1.165, 1.54) is 6.26 Å². The third kappa shape index (κ3) is 2.25. The first kappa shape index (κ1) is 10.8. The normalized spacial score (nSPS) is 10.6. The molecule has 2 aromatic heterocycles. The maximum atomic E-state index is 8.90. The van der Waals surface area contributed by atoms with Crippen molar-refractivity contribution in [3.63, 3.8) is 0 Å². The highest BCUT2D eigenvalue weighted by Gasteiger charge is 2.12. The molecule has 5 nitrogen and oxygen atoms in total. The quantitative estimate of drug-likeness (QED) is 0.835. The maximum Gasteiger partial charge on any atom is 0.297 e. The lowest BCUT2D eigenvalue weighted by Gasteiger charge is -2.16. The van der Waals surface area contributed by atoms with Gasteiger partial charge in [0.05, 0.1) is 19.4 Å². The first-order valence-electron chi connectivity index (χ1n) is 5.16. The van der Waals surface area contributed by atoms with Gasteiger partial charge in [0.25, 0.3) is 6.01 Å². The SMILES string of the molecule is CCN(Cc1ccco1)c1nc(CO)co1. The van der Waals surface area contributed by atoms with Crippen LogP contribution >= 0.6 is 0 Å². The molecular weight excluding hydrogens is 208 g/mol. The van der Waals surface area contributed by atoms with Crippen LogP contribution in [0.5, 0.6) is 0 Å². The third-order valence-corrected chi connectivity index (χ3v) is 2.28. The van der Waals surface area contributed by atoms with Gasteiger partial charge in [0.1, 0.15) is 17.7 Å². The van der Waals surface area contributed by atoms with E-state index >= 15 is 0 Å². The molecule has 86 valence electrons. The second-order valence-electron chi connectivity index (χ2n) is 3.37. The summed E-state index contributed by atoms with van der Waals surface area (Å²) in [6.45, 7) is 3.26. The van der Waals surface area contributed by atoms with E-state index in [1.54, 1.807) is 6.26 Å². The van der Waals surface area contributed by atoms with Gasteiger partial charge in [-0.2, -0.15) is 4.98 Å². The zero-order valence-electron chi connectivity index (χ0n) is 9.09. The molecule has 0 atom stereocenters. The summed E-state index contributed by atoms with van der Waals surface area (Å²) in [6, 6.07) is 4.25. The Kier molecular flexibility index (Phi) is 3.26. The number of rotatable bonds is 5. The van der Waals surface area contributed by atoms with Gasteiger partial charge in [-0.3, -0.25) is 0 Å². The Morgan fingerprint density at radius 1 is 1.44 bits per heavy atom. The number of nitrogens with zero attached hydrogens (tertiary/aromatic N) is 2. The molecule has 0 aromatic carbocycles. The molecule has 0 amide bonds. The first-order chi connectivity index (χ1) is 7.83. The maximum absolute atomic E-state index is 8.90. The Morgan fingerprint density at radius 2 is 2.31 bits per heavy atom. The van der Waals surface area contributed by atoms with Gasteiger partial charge in [-0.1, -0.05) is 0 Å². The van der Waals surface area contributed by atoms with Gasteiger partial charge >= 0.3 is 0 Å². The molecule has 1 N–H and O–H groups in total. The lowest BCUT2D eigenvalue weighted by Crippen LogP contribution is -2.22. The number of aliphatic hydroxyl groups excluding tert-OH is 1. The summed E-state index contributed by atoms with van der Waals surface area (Å²) in [4.78, 5) is 6.08. The number of furan rings is 1. The van der Waals surface area contributed by atoms with E-state index in [0.717, 1.165) is 12.3 Å². The van der Waals surface area contributed by atoms with E-state index in [9.17, 15) is 0 Å². The van der Waals surface area contributed by atoms with E-state index in [2.05, 4.69) is 4.98 Å². The van der Waals surface area contributed by atoms with E-state index in [0.29, 0.717) is 18.3 Å². The molecule has 2 heterocycles. The van der Waals surface area contributed by atoms with Crippen LogP contribution in [0.4, 0.5) is 6.01 Å². The zero-order valence-corrected chi connectivity index (χ0v) is 9.09. The molecule has 0 saturated heterocycles. The van der Waals surface area contributed by atoms with Gasteiger partial charge in [-0.05, 0) is 19.1 Å². The summed E-state index contributed by atoms with van der Waals surface area (Å²) in [5.74, 6) is 0.852. The average Bonchev–Trinajstić information content (AvgIpc) is 2.96. The molecule has 16 heavy (non-hydrogen) atoms. The van der Waals surface area contributed by atoms with Crippen molar-refractivity contribution >= 4 is 6.01 Å². The third-order valence-electron chi connectivity index (χ3n) is 2.28. The van der Waals surface area contributed by atoms with E-state index in [1.807, 2.05) is 24.0 Å². The van der Waals surface area contributed by atoms with Gasteiger partial charge in [-0.25, -0.2) is 0 Å². The topological polar surface area (TPSA) is 62.6 Å². The van der Waals surface area contributed by atoms with Crippen LogP contribution in [-0.2, 0) is 13.2 Å². The number of aromatic nitrogens is 1. The van der Waals surface area contributed by atoms with Crippen LogP contribution in [0.2, 0.25) is 0 Å². The number of oxazole rings is 1.